The number of rotatable bonds is 9. The van der Waals surface area contributed by atoms with Crippen molar-refractivity contribution in [1.82, 2.24) is 20.4 Å². The van der Waals surface area contributed by atoms with Crippen molar-refractivity contribution >= 4 is 17.6 Å². The topological polar surface area (TPSA) is 78.4 Å². The summed E-state index contributed by atoms with van der Waals surface area (Å²) in [5.41, 5.74) is 2.59. The highest BCUT2D eigenvalue weighted by Crippen LogP contribution is 2.19. The molecule has 0 radical (unpaired) electrons. The summed E-state index contributed by atoms with van der Waals surface area (Å²) >= 11 is 0. The highest BCUT2D eigenvalue weighted by atomic mass is 16.2. The van der Waals surface area contributed by atoms with Gasteiger partial charge in [-0.3, -0.25) is 9.59 Å². The molecule has 7 heteroatoms. The smallest absolute Gasteiger partial charge is 0.251 e. The fourth-order valence-corrected chi connectivity index (χ4v) is 4.07. The molecule has 0 bridgehead atoms. The van der Waals surface area contributed by atoms with Crippen molar-refractivity contribution in [2.75, 3.05) is 37.6 Å². The molecule has 1 fully saturated rings. The predicted octanol–water partition coefficient (Wildman–Crippen LogP) is 3.78. The Labute approximate surface area is 200 Å². The Kier molecular flexibility index (Phi) is 8.22. The third-order valence-corrected chi connectivity index (χ3v) is 6.07. The van der Waals surface area contributed by atoms with Crippen LogP contribution in [0.4, 0.5) is 5.82 Å². The molecule has 0 saturated carbocycles. The van der Waals surface area contributed by atoms with E-state index in [9.17, 15) is 9.59 Å². The molecule has 7 nitrogen and oxygen atoms in total. The molecule has 1 aliphatic heterocycles. The van der Waals surface area contributed by atoms with Gasteiger partial charge in [-0.25, -0.2) is 0 Å². The summed E-state index contributed by atoms with van der Waals surface area (Å²) < 4.78 is 0. The number of amides is 2. The molecule has 34 heavy (non-hydrogen) atoms. The van der Waals surface area contributed by atoms with Gasteiger partial charge in [0, 0.05) is 50.3 Å². The van der Waals surface area contributed by atoms with E-state index in [-0.39, 0.29) is 11.8 Å². The van der Waals surface area contributed by atoms with Crippen molar-refractivity contribution in [1.29, 1.82) is 0 Å². The van der Waals surface area contributed by atoms with Crippen molar-refractivity contribution in [2.24, 2.45) is 0 Å². The van der Waals surface area contributed by atoms with Gasteiger partial charge in [0.1, 0.15) is 0 Å². The number of nitrogens with zero attached hydrogens (tertiary/aromatic N) is 4. The SMILES string of the molecule is O=C(NCCCCCC(=O)N1CCN(c2ccc(-c3ccccc3)nn2)CC1)c1ccccc1. The lowest BCUT2D eigenvalue weighted by Gasteiger charge is -2.35. The minimum atomic E-state index is -0.0473. The second-order valence-corrected chi connectivity index (χ2v) is 8.44. The molecular weight excluding hydrogens is 426 g/mol. The number of hydrogen-bond acceptors (Lipinski definition) is 5. The van der Waals surface area contributed by atoms with Crippen LogP contribution in [0.25, 0.3) is 11.3 Å². The van der Waals surface area contributed by atoms with Gasteiger partial charge in [0.15, 0.2) is 5.82 Å². The van der Waals surface area contributed by atoms with E-state index in [1.807, 2.05) is 65.6 Å². The van der Waals surface area contributed by atoms with E-state index in [0.717, 1.165) is 49.4 Å². The normalized spacial score (nSPS) is 13.5. The Hall–Kier alpha value is -3.74. The number of carbonyl (C=O) groups excluding carboxylic acids is 2. The summed E-state index contributed by atoms with van der Waals surface area (Å²) in [6.07, 6.45) is 3.19. The van der Waals surface area contributed by atoms with E-state index in [1.54, 1.807) is 12.1 Å². The maximum Gasteiger partial charge on any atom is 0.251 e. The molecule has 2 amide bonds. The first-order chi connectivity index (χ1) is 16.7. The maximum atomic E-state index is 12.6. The standard InChI is InChI=1S/C27H31N5O2/c33-26(14-8-3-9-17-28-27(34)23-12-6-2-7-13-23)32-20-18-31(19-21-32)25-16-15-24(29-30-25)22-10-4-1-5-11-22/h1-2,4-7,10-13,15-16H,3,8-9,14,17-21H2,(H,28,34). The molecule has 0 aliphatic carbocycles. The minimum Gasteiger partial charge on any atom is -0.352 e. The zero-order valence-corrected chi connectivity index (χ0v) is 19.4. The van der Waals surface area contributed by atoms with Gasteiger partial charge in [-0.2, -0.15) is 0 Å². The number of hydrogen-bond donors (Lipinski definition) is 1. The molecule has 1 N–H and O–H groups in total. The van der Waals surface area contributed by atoms with Crippen LogP contribution in [-0.4, -0.2) is 59.6 Å². The molecule has 1 aliphatic rings. The third-order valence-electron chi connectivity index (χ3n) is 6.07. The van der Waals surface area contributed by atoms with Crippen molar-refractivity contribution in [3.05, 3.63) is 78.4 Å². The Morgan fingerprint density at radius 3 is 2.15 bits per heavy atom. The summed E-state index contributed by atoms with van der Waals surface area (Å²) in [4.78, 5) is 28.7. The lowest BCUT2D eigenvalue weighted by Crippen LogP contribution is -2.49. The molecule has 4 rings (SSSR count). The average Bonchev–Trinajstić information content (AvgIpc) is 2.91. The number of nitrogens with one attached hydrogen (secondary N) is 1. The van der Waals surface area contributed by atoms with Gasteiger partial charge in [-0.1, -0.05) is 55.0 Å². The van der Waals surface area contributed by atoms with E-state index in [2.05, 4.69) is 20.4 Å². The molecule has 2 aromatic carbocycles. The summed E-state index contributed by atoms with van der Waals surface area (Å²) in [6, 6.07) is 23.2. The van der Waals surface area contributed by atoms with Crippen LogP contribution in [0.5, 0.6) is 0 Å². The van der Waals surface area contributed by atoms with E-state index < -0.39 is 0 Å². The summed E-state index contributed by atoms with van der Waals surface area (Å²) in [7, 11) is 0. The largest absolute Gasteiger partial charge is 0.352 e. The first-order valence-electron chi connectivity index (χ1n) is 12.0. The van der Waals surface area contributed by atoms with Crippen molar-refractivity contribution in [2.45, 2.75) is 25.7 Å². The quantitative estimate of drug-likeness (QED) is 0.495. The first-order valence-corrected chi connectivity index (χ1v) is 12.0. The van der Waals surface area contributed by atoms with Crippen LogP contribution in [0.2, 0.25) is 0 Å². The molecule has 0 unspecified atom stereocenters. The zero-order chi connectivity index (χ0) is 23.6. The highest BCUT2D eigenvalue weighted by Gasteiger charge is 2.21. The van der Waals surface area contributed by atoms with Gasteiger partial charge in [0.05, 0.1) is 5.69 Å². The van der Waals surface area contributed by atoms with Gasteiger partial charge in [-0.15, -0.1) is 10.2 Å². The molecular formula is C27H31N5O2. The third kappa shape index (κ3) is 6.41. The van der Waals surface area contributed by atoms with Crippen LogP contribution in [0.15, 0.2) is 72.8 Å². The minimum absolute atomic E-state index is 0.0473. The van der Waals surface area contributed by atoms with E-state index >= 15 is 0 Å². The van der Waals surface area contributed by atoms with Crippen LogP contribution < -0.4 is 10.2 Å². The summed E-state index contributed by atoms with van der Waals surface area (Å²) in [5.74, 6) is 1.01. The van der Waals surface area contributed by atoms with Crippen LogP contribution in [0.1, 0.15) is 36.0 Å². The summed E-state index contributed by atoms with van der Waals surface area (Å²) in [6.45, 7) is 3.56. The number of carbonyl (C=O) groups is 2. The van der Waals surface area contributed by atoms with E-state index in [1.165, 1.54) is 0 Å². The van der Waals surface area contributed by atoms with E-state index in [4.69, 9.17) is 0 Å². The number of piperazine rings is 1. The fraction of sp³-hybridized carbons (Fsp3) is 0.333. The van der Waals surface area contributed by atoms with Crippen LogP contribution >= 0.6 is 0 Å². The van der Waals surface area contributed by atoms with Gasteiger partial charge in [0.2, 0.25) is 5.91 Å². The average molecular weight is 458 g/mol. The number of anilines is 1. The molecule has 1 aromatic heterocycles. The number of aromatic nitrogens is 2. The molecule has 0 spiro atoms. The number of unbranched alkanes of at least 4 members (excludes halogenated alkanes) is 2. The Balaban J connectivity index is 1.12. The molecule has 1 saturated heterocycles. The van der Waals surface area contributed by atoms with Gasteiger partial charge in [0.25, 0.3) is 5.91 Å². The Bertz CT molecular complexity index is 1050. The highest BCUT2D eigenvalue weighted by molar-refractivity contribution is 5.94. The Morgan fingerprint density at radius 1 is 0.765 bits per heavy atom. The predicted molar refractivity (Wildman–Crippen MR) is 134 cm³/mol. The molecule has 2 heterocycles. The maximum absolute atomic E-state index is 12.6. The number of benzene rings is 2. The van der Waals surface area contributed by atoms with E-state index in [0.29, 0.717) is 31.6 Å². The van der Waals surface area contributed by atoms with Crippen molar-refractivity contribution in [3.63, 3.8) is 0 Å². The lowest BCUT2D eigenvalue weighted by molar-refractivity contribution is -0.131. The van der Waals surface area contributed by atoms with Crippen molar-refractivity contribution < 1.29 is 9.59 Å². The molecule has 0 atom stereocenters. The van der Waals surface area contributed by atoms with Gasteiger partial charge >= 0.3 is 0 Å². The van der Waals surface area contributed by atoms with Crippen LogP contribution in [0, 0.1) is 0 Å². The van der Waals surface area contributed by atoms with Gasteiger partial charge < -0.3 is 15.1 Å². The van der Waals surface area contributed by atoms with Crippen molar-refractivity contribution in [3.8, 4) is 11.3 Å². The Morgan fingerprint density at radius 2 is 1.47 bits per heavy atom. The second-order valence-electron chi connectivity index (χ2n) is 8.44. The molecule has 3 aromatic rings. The van der Waals surface area contributed by atoms with Crippen LogP contribution in [-0.2, 0) is 4.79 Å². The second kappa shape index (κ2) is 11.9. The first kappa shape index (κ1) is 23.4. The fourth-order valence-electron chi connectivity index (χ4n) is 4.07. The van der Waals surface area contributed by atoms with Gasteiger partial charge in [-0.05, 0) is 37.1 Å². The monoisotopic (exact) mass is 457 g/mol. The lowest BCUT2D eigenvalue weighted by atomic mass is 10.1. The summed E-state index contributed by atoms with van der Waals surface area (Å²) in [5, 5.41) is 11.7. The zero-order valence-electron chi connectivity index (χ0n) is 19.4. The molecule has 176 valence electrons. The van der Waals surface area contributed by atoms with Crippen LogP contribution in [0.3, 0.4) is 0 Å².